The van der Waals surface area contributed by atoms with Crippen molar-refractivity contribution in [2.75, 3.05) is 5.43 Å². The average Bonchev–Trinajstić information content (AvgIpc) is 2.03. The molecule has 0 radical (unpaired) electrons. The second kappa shape index (κ2) is 3.88. The fourth-order valence-electron chi connectivity index (χ4n) is 0.532. The molecule has 11 heavy (non-hydrogen) atoms. The van der Waals surface area contributed by atoms with Crippen molar-refractivity contribution in [1.29, 1.82) is 0 Å². The number of nitrogens with one attached hydrogen (secondary N) is 1. The van der Waals surface area contributed by atoms with Crippen molar-refractivity contribution in [1.82, 2.24) is 10.2 Å². The molecule has 0 bridgehead atoms. The van der Waals surface area contributed by atoms with Gasteiger partial charge in [0.2, 0.25) is 0 Å². The number of hydrogen-bond acceptors (Lipinski definition) is 4. The molecule has 0 spiro atoms. The molecule has 1 aromatic rings. The molecule has 58 valence electrons. The summed E-state index contributed by atoms with van der Waals surface area (Å²) in [4.78, 5) is 0. The molecule has 0 fully saturated rings. The lowest BCUT2D eigenvalue weighted by Crippen LogP contribution is -1.91. The van der Waals surface area contributed by atoms with Crippen LogP contribution in [0.25, 0.3) is 0 Å². The molecule has 0 aliphatic carbocycles. The lowest BCUT2D eigenvalue weighted by atomic mass is 10.5. The molecule has 5 heteroatoms. The maximum absolute atomic E-state index is 5.65. The third-order valence-electron chi connectivity index (χ3n) is 0.990. The van der Waals surface area contributed by atoms with Gasteiger partial charge in [0, 0.05) is 6.21 Å². The van der Waals surface area contributed by atoms with Crippen molar-refractivity contribution in [2.24, 2.45) is 5.10 Å². The highest BCUT2D eigenvalue weighted by Gasteiger charge is 1.96. The van der Waals surface area contributed by atoms with Crippen LogP contribution in [0.4, 0.5) is 5.69 Å². The van der Waals surface area contributed by atoms with Gasteiger partial charge in [0.05, 0.1) is 11.9 Å². The lowest BCUT2D eigenvalue weighted by Gasteiger charge is -1.98. The number of nitrogens with zero attached hydrogens (tertiary/aromatic N) is 3. The largest absolute Gasteiger partial charge is 0.276 e. The summed E-state index contributed by atoms with van der Waals surface area (Å²) in [6, 6.07) is 1.70. The summed E-state index contributed by atoms with van der Waals surface area (Å²) in [5, 5.41) is 11.3. The smallest absolute Gasteiger partial charge is 0.176 e. The molecule has 0 amide bonds. The van der Waals surface area contributed by atoms with Gasteiger partial charge in [-0.15, -0.1) is 5.10 Å². The number of hydrogen-bond donors (Lipinski definition) is 1. The first kappa shape index (κ1) is 7.94. The molecular formula is C6H7ClN4. The zero-order chi connectivity index (χ0) is 8.10. The van der Waals surface area contributed by atoms with E-state index in [2.05, 4.69) is 20.7 Å². The minimum absolute atomic E-state index is 0.318. The highest BCUT2D eigenvalue weighted by atomic mass is 35.5. The van der Waals surface area contributed by atoms with Gasteiger partial charge in [0.15, 0.2) is 5.15 Å². The number of hydrazone groups is 1. The summed E-state index contributed by atoms with van der Waals surface area (Å²) in [5.41, 5.74) is 3.35. The summed E-state index contributed by atoms with van der Waals surface area (Å²) in [5.74, 6) is 0. The highest BCUT2D eigenvalue weighted by molar-refractivity contribution is 6.31. The Morgan fingerprint density at radius 1 is 1.73 bits per heavy atom. The van der Waals surface area contributed by atoms with Crippen LogP contribution in [0.2, 0.25) is 5.15 Å². The minimum Gasteiger partial charge on any atom is -0.276 e. The Hall–Kier alpha value is -1.16. The molecule has 1 heterocycles. The monoisotopic (exact) mass is 170 g/mol. The van der Waals surface area contributed by atoms with E-state index in [1.807, 2.05) is 0 Å². The summed E-state index contributed by atoms with van der Waals surface area (Å²) >= 11 is 5.65. The number of halogens is 1. The van der Waals surface area contributed by atoms with Crippen molar-refractivity contribution in [3.05, 3.63) is 17.4 Å². The summed E-state index contributed by atoms with van der Waals surface area (Å²) < 4.78 is 0. The Morgan fingerprint density at radius 3 is 3.18 bits per heavy atom. The van der Waals surface area contributed by atoms with Gasteiger partial charge in [-0.3, -0.25) is 5.43 Å². The quantitative estimate of drug-likeness (QED) is 0.541. The normalized spacial score (nSPS) is 10.4. The van der Waals surface area contributed by atoms with E-state index in [0.29, 0.717) is 10.8 Å². The van der Waals surface area contributed by atoms with Gasteiger partial charge in [-0.05, 0) is 13.0 Å². The van der Waals surface area contributed by atoms with Gasteiger partial charge in [-0.25, -0.2) is 0 Å². The van der Waals surface area contributed by atoms with Crippen molar-refractivity contribution in [3.63, 3.8) is 0 Å². The van der Waals surface area contributed by atoms with E-state index >= 15 is 0 Å². The van der Waals surface area contributed by atoms with Crippen LogP contribution in [-0.2, 0) is 0 Å². The fourth-order valence-corrected chi connectivity index (χ4v) is 0.681. The van der Waals surface area contributed by atoms with Gasteiger partial charge in [0.25, 0.3) is 0 Å². The molecule has 4 nitrogen and oxygen atoms in total. The molecule has 1 rings (SSSR count). The zero-order valence-corrected chi connectivity index (χ0v) is 6.71. The van der Waals surface area contributed by atoms with Crippen LogP contribution in [0.5, 0.6) is 0 Å². The van der Waals surface area contributed by atoms with Gasteiger partial charge in [-0.1, -0.05) is 11.6 Å². The van der Waals surface area contributed by atoms with E-state index in [0.717, 1.165) is 0 Å². The van der Waals surface area contributed by atoms with Gasteiger partial charge in [-0.2, -0.15) is 10.2 Å². The molecule has 0 aliphatic rings. The highest BCUT2D eigenvalue weighted by Crippen LogP contribution is 2.15. The standard InChI is InChI=1S/C6H7ClN4/c1-2-8-10-5-3-4-9-11-6(5)7/h2-4H,1H3,(H,9,10). The second-order valence-electron chi connectivity index (χ2n) is 1.73. The van der Waals surface area contributed by atoms with E-state index in [9.17, 15) is 0 Å². The van der Waals surface area contributed by atoms with Crippen molar-refractivity contribution >= 4 is 23.5 Å². The lowest BCUT2D eigenvalue weighted by molar-refractivity contribution is 1.03. The maximum atomic E-state index is 5.65. The predicted octanol–water partition coefficient (Wildman–Crippen LogP) is 1.55. The van der Waals surface area contributed by atoms with Crippen LogP contribution < -0.4 is 5.43 Å². The van der Waals surface area contributed by atoms with Crippen LogP contribution in [0, 0.1) is 0 Å². The summed E-state index contributed by atoms with van der Waals surface area (Å²) in [6.45, 7) is 1.80. The minimum atomic E-state index is 0.318. The molecule has 0 saturated heterocycles. The molecule has 0 saturated carbocycles. The molecule has 0 unspecified atom stereocenters. The van der Waals surface area contributed by atoms with Crippen LogP contribution in [0.15, 0.2) is 17.4 Å². The van der Waals surface area contributed by atoms with E-state index in [-0.39, 0.29) is 0 Å². The number of anilines is 1. The van der Waals surface area contributed by atoms with Crippen molar-refractivity contribution in [3.8, 4) is 0 Å². The van der Waals surface area contributed by atoms with E-state index in [1.165, 1.54) is 0 Å². The van der Waals surface area contributed by atoms with Crippen LogP contribution in [0.1, 0.15) is 6.92 Å². The topological polar surface area (TPSA) is 50.2 Å². The van der Waals surface area contributed by atoms with Crippen LogP contribution in [-0.4, -0.2) is 16.4 Å². The van der Waals surface area contributed by atoms with Crippen LogP contribution >= 0.6 is 11.6 Å². The second-order valence-corrected chi connectivity index (χ2v) is 2.09. The van der Waals surface area contributed by atoms with Crippen molar-refractivity contribution < 1.29 is 0 Å². The van der Waals surface area contributed by atoms with Gasteiger partial charge < -0.3 is 0 Å². The average molecular weight is 171 g/mol. The number of rotatable bonds is 2. The molecule has 1 N–H and O–H groups in total. The molecular weight excluding hydrogens is 164 g/mol. The zero-order valence-electron chi connectivity index (χ0n) is 5.95. The molecule has 0 atom stereocenters. The molecule has 0 aliphatic heterocycles. The Kier molecular flexibility index (Phi) is 2.80. The SMILES string of the molecule is CC=NNc1ccnnc1Cl. The van der Waals surface area contributed by atoms with Gasteiger partial charge >= 0.3 is 0 Å². The Morgan fingerprint density at radius 2 is 2.55 bits per heavy atom. The Balaban J connectivity index is 2.77. The molecule has 1 aromatic heterocycles. The first-order valence-electron chi connectivity index (χ1n) is 3.05. The third-order valence-corrected chi connectivity index (χ3v) is 1.27. The summed E-state index contributed by atoms with van der Waals surface area (Å²) in [7, 11) is 0. The third kappa shape index (κ3) is 2.16. The van der Waals surface area contributed by atoms with E-state index in [1.54, 1.807) is 25.4 Å². The first-order chi connectivity index (χ1) is 5.34. The van der Waals surface area contributed by atoms with Crippen molar-refractivity contribution in [2.45, 2.75) is 6.92 Å². The maximum Gasteiger partial charge on any atom is 0.176 e. The fraction of sp³-hybridized carbons (Fsp3) is 0.167. The first-order valence-corrected chi connectivity index (χ1v) is 3.43. The van der Waals surface area contributed by atoms with Gasteiger partial charge in [0.1, 0.15) is 0 Å². The van der Waals surface area contributed by atoms with Crippen LogP contribution in [0.3, 0.4) is 0 Å². The molecule has 0 aromatic carbocycles. The predicted molar refractivity (Wildman–Crippen MR) is 44.8 cm³/mol. The summed E-state index contributed by atoms with van der Waals surface area (Å²) in [6.07, 6.45) is 3.16. The van der Waals surface area contributed by atoms with E-state index < -0.39 is 0 Å². The number of aromatic nitrogens is 2. The Bertz CT molecular complexity index is 261. The van der Waals surface area contributed by atoms with E-state index in [4.69, 9.17) is 11.6 Å². The Labute approximate surface area is 69.3 Å².